The van der Waals surface area contributed by atoms with Crippen LogP contribution in [-0.4, -0.2) is 32.1 Å². The average molecular weight is 201 g/mol. The van der Waals surface area contributed by atoms with E-state index in [1.54, 1.807) is 6.92 Å². The zero-order valence-electron chi connectivity index (χ0n) is 9.31. The van der Waals surface area contributed by atoms with Crippen LogP contribution in [0.5, 0.6) is 0 Å². The van der Waals surface area contributed by atoms with Gasteiger partial charge in [-0.05, 0) is 33.4 Å². The summed E-state index contributed by atoms with van der Waals surface area (Å²) in [6, 6.07) is -0.390. The zero-order chi connectivity index (χ0) is 10.8. The van der Waals surface area contributed by atoms with Crippen molar-refractivity contribution in [3.05, 3.63) is 0 Å². The summed E-state index contributed by atoms with van der Waals surface area (Å²) in [6.45, 7) is 3.52. The summed E-state index contributed by atoms with van der Waals surface area (Å²) in [7, 11) is 1.96. The van der Waals surface area contributed by atoms with Crippen molar-refractivity contribution in [2.24, 2.45) is 5.73 Å². The van der Waals surface area contributed by atoms with E-state index in [0.29, 0.717) is 0 Å². The molecule has 84 valence electrons. The van der Waals surface area contributed by atoms with Crippen LogP contribution in [0.1, 0.15) is 32.6 Å². The summed E-state index contributed by atoms with van der Waals surface area (Å²) in [6.07, 6.45) is 4.63. The molecule has 0 spiro atoms. The van der Waals surface area contributed by atoms with Crippen LogP contribution in [0.3, 0.4) is 0 Å². The van der Waals surface area contributed by atoms with E-state index in [2.05, 4.69) is 10.6 Å². The number of hydrogen-bond donors (Lipinski definition) is 3. The molecule has 0 aliphatic heterocycles. The molecule has 0 saturated carbocycles. The molecule has 0 aromatic heterocycles. The Balaban J connectivity index is 3.10. The molecule has 0 rings (SSSR count). The Hall–Kier alpha value is -0.610. The predicted octanol–water partition coefficient (Wildman–Crippen LogP) is 0.230. The normalized spacial score (nSPS) is 12.5. The molecule has 1 unspecified atom stereocenters. The molecule has 0 radical (unpaired) electrons. The fourth-order valence-electron chi connectivity index (χ4n) is 1.15. The molecule has 0 aromatic rings. The van der Waals surface area contributed by atoms with Gasteiger partial charge < -0.3 is 16.4 Å². The largest absolute Gasteiger partial charge is 0.355 e. The smallest absolute Gasteiger partial charge is 0.236 e. The zero-order valence-corrected chi connectivity index (χ0v) is 9.31. The highest BCUT2D eigenvalue weighted by Crippen LogP contribution is 1.97. The van der Waals surface area contributed by atoms with Gasteiger partial charge in [0.25, 0.3) is 0 Å². The lowest BCUT2D eigenvalue weighted by atomic mass is 10.2. The van der Waals surface area contributed by atoms with Crippen molar-refractivity contribution in [2.45, 2.75) is 38.6 Å². The Bertz CT molecular complexity index is 148. The van der Waals surface area contributed by atoms with Crippen molar-refractivity contribution in [3.8, 4) is 0 Å². The van der Waals surface area contributed by atoms with E-state index in [0.717, 1.165) is 19.5 Å². The molecular weight excluding hydrogens is 178 g/mol. The fraction of sp³-hybridized carbons (Fsp3) is 0.900. The second-order valence-corrected chi connectivity index (χ2v) is 3.60. The molecule has 14 heavy (non-hydrogen) atoms. The first-order valence-electron chi connectivity index (χ1n) is 5.36. The number of rotatable bonds is 8. The van der Waals surface area contributed by atoms with Crippen LogP contribution in [0.25, 0.3) is 0 Å². The van der Waals surface area contributed by atoms with Crippen molar-refractivity contribution in [1.29, 1.82) is 0 Å². The number of carbonyl (C=O) groups is 1. The van der Waals surface area contributed by atoms with Crippen molar-refractivity contribution >= 4 is 5.91 Å². The Labute approximate surface area is 86.6 Å². The second kappa shape index (κ2) is 8.97. The first kappa shape index (κ1) is 13.4. The molecule has 0 aromatic carbocycles. The minimum atomic E-state index is -0.390. The van der Waals surface area contributed by atoms with E-state index in [4.69, 9.17) is 5.73 Å². The van der Waals surface area contributed by atoms with Gasteiger partial charge in [0.2, 0.25) is 5.91 Å². The molecule has 0 aliphatic carbocycles. The highest BCUT2D eigenvalue weighted by Gasteiger charge is 2.04. The first-order chi connectivity index (χ1) is 6.68. The molecule has 4 heteroatoms. The third kappa shape index (κ3) is 8.01. The maximum atomic E-state index is 11.0. The van der Waals surface area contributed by atoms with Gasteiger partial charge in [0.05, 0.1) is 6.04 Å². The lowest BCUT2D eigenvalue weighted by molar-refractivity contribution is -0.121. The molecule has 1 atom stereocenters. The highest BCUT2D eigenvalue weighted by molar-refractivity contribution is 5.80. The van der Waals surface area contributed by atoms with E-state index < -0.39 is 0 Å². The van der Waals surface area contributed by atoms with E-state index in [-0.39, 0.29) is 11.9 Å². The van der Waals surface area contributed by atoms with Gasteiger partial charge in [-0.3, -0.25) is 4.79 Å². The maximum Gasteiger partial charge on any atom is 0.236 e. The number of unbranched alkanes of at least 4 members (excludes halogenated alkanes) is 3. The first-order valence-corrected chi connectivity index (χ1v) is 5.36. The summed E-state index contributed by atoms with van der Waals surface area (Å²) in [5.41, 5.74) is 5.40. The molecule has 0 saturated heterocycles. The Morgan fingerprint density at radius 1 is 1.21 bits per heavy atom. The summed E-state index contributed by atoms with van der Waals surface area (Å²) in [4.78, 5) is 11.0. The molecule has 1 amide bonds. The van der Waals surface area contributed by atoms with E-state index in [1.165, 1.54) is 19.3 Å². The monoisotopic (exact) mass is 201 g/mol. The number of carbonyl (C=O) groups excluding carboxylic acids is 1. The van der Waals surface area contributed by atoms with Crippen LogP contribution in [0, 0.1) is 0 Å². The van der Waals surface area contributed by atoms with Crippen molar-refractivity contribution < 1.29 is 4.79 Å². The van der Waals surface area contributed by atoms with Gasteiger partial charge >= 0.3 is 0 Å². The van der Waals surface area contributed by atoms with Gasteiger partial charge in [-0.2, -0.15) is 0 Å². The molecule has 0 heterocycles. The van der Waals surface area contributed by atoms with Gasteiger partial charge in [-0.15, -0.1) is 0 Å². The van der Waals surface area contributed by atoms with Crippen LogP contribution in [0.15, 0.2) is 0 Å². The minimum Gasteiger partial charge on any atom is -0.355 e. The Morgan fingerprint density at radius 3 is 2.29 bits per heavy atom. The van der Waals surface area contributed by atoms with Crippen molar-refractivity contribution in [1.82, 2.24) is 10.6 Å². The second-order valence-electron chi connectivity index (χ2n) is 3.60. The van der Waals surface area contributed by atoms with Crippen LogP contribution in [0.4, 0.5) is 0 Å². The quantitative estimate of drug-likeness (QED) is 0.492. The minimum absolute atomic E-state index is 0.0553. The van der Waals surface area contributed by atoms with Crippen LogP contribution in [-0.2, 0) is 4.79 Å². The number of nitrogens with two attached hydrogens (primary N) is 1. The summed E-state index contributed by atoms with van der Waals surface area (Å²) >= 11 is 0. The topological polar surface area (TPSA) is 67.1 Å². The van der Waals surface area contributed by atoms with E-state index in [1.807, 2.05) is 7.05 Å². The van der Waals surface area contributed by atoms with Crippen molar-refractivity contribution in [2.75, 3.05) is 20.1 Å². The number of amides is 1. The summed E-state index contributed by atoms with van der Waals surface area (Å²) < 4.78 is 0. The standard InChI is InChI=1S/C10H23N3O/c1-9(11)10(14)13-8-6-4-3-5-7-12-2/h9,12H,3-8,11H2,1-2H3,(H,13,14). The lowest BCUT2D eigenvalue weighted by Gasteiger charge is -2.07. The maximum absolute atomic E-state index is 11.0. The number of hydrogen-bond acceptors (Lipinski definition) is 3. The van der Waals surface area contributed by atoms with Gasteiger partial charge in [-0.25, -0.2) is 0 Å². The molecular formula is C10H23N3O. The fourth-order valence-corrected chi connectivity index (χ4v) is 1.15. The molecule has 0 aliphatic rings. The third-order valence-corrected chi connectivity index (χ3v) is 2.07. The lowest BCUT2D eigenvalue weighted by Crippen LogP contribution is -2.38. The average Bonchev–Trinajstić information content (AvgIpc) is 2.16. The van der Waals surface area contributed by atoms with E-state index in [9.17, 15) is 4.79 Å². The Morgan fingerprint density at radius 2 is 1.79 bits per heavy atom. The Kier molecular flexibility index (Phi) is 8.57. The van der Waals surface area contributed by atoms with Gasteiger partial charge in [0, 0.05) is 6.54 Å². The molecule has 0 fully saturated rings. The molecule has 4 nitrogen and oxygen atoms in total. The van der Waals surface area contributed by atoms with Gasteiger partial charge in [-0.1, -0.05) is 12.8 Å². The predicted molar refractivity (Wildman–Crippen MR) is 59.1 cm³/mol. The van der Waals surface area contributed by atoms with Crippen LogP contribution >= 0.6 is 0 Å². The number of nitrogens with one attached hydrogen (secondary N) is 2. The van der Waals surface area contributed by atoms with Crippen LogP contribution < -0.4 is 16.4 Å². The highest BCUT2D eigenvalue weighted by atomic mass is 16.2. The summed E-state index contributed by atoms with van der Waals surface area (Å²) in [5.74, 6) is -0.0553. The van der Waals surface area contributed by atoms with E-state index >= 15 is 0 Å². The molecule has 0 bridgehead atoms. The van der Waals surface area contributed by atoms with Gasteiger partial charge in [0.1, 0.15) is 0 Å². The van der Waals surface area contributed by atoms with Crippen molar-refractivity contribution in [3.63, 3.8) is 0 Å². The SMILES string of the molecule is CNCCCCCCNC(=O)C(C)N. The van der Waals surface area contributed by atoms with Gasteiger partial charge in [0.15, 0.2) is 0 Å². The van der Waals surface area contributed by atoms with Crippen LogP contribution in [0.2, 0.25) is 0 Å². The molecule has 4 N–H and O–H groups in total. The third-order valence-electron chi connectivity index (χ3n) is 2.07. The summed E-state index contributed by atoms with van der Waals surface area (Å²) in [5, 5.41) is 5.90.